The molecular weight excluding hydrogens is 415 g/mol. The van der Waals surface area contributed by atoms with Gasteiger partial charge in [0.15, 0.2) is 5.72 Å². The van der Waals surface area contributed by atoms with Gasteiger partial charge < -0.3 is 32.9 Å². The fourth-order valence-corrected chi connectivity index (χ4v) is 4.20. The number of rotatable bonds is 11. The predicted octanol–water partition coefficient (Wildman–Crippen LogP) is 1.28. The number of phosphoric ester groups is 1. The molecule has 0 aliphatic carbocycles. The Morgan fingerprint density at radius 1 is 1.27 bits per heavy atom. The van der Waals surface area contributed by atoms with Crippen LogP contribution in [-0.2, 0) is 32.6 Å². The van der Waals surface area contributed by atoms with Crippen molar-refractivity contribution in [2.24, 2.45) is 5.11 Å². The third-order valence-electron chi connectivity index (χ3n) is 4.47. The zero-order valence-electron chi connectivity index (χ0n) is 17.6. The first-order valence-corrected chi connectivity index (χ1v) is 11.2. The van der Waals surface area contributed by atoms with Gasteiger partial charge in [0.05, 0.1) is 31.5 Å². The molecule has 166 valence electrons. The Morgan fingerprint density at radius 3 is 2.57 bits per heavy atom. The molecule has 0 amide bonds. The molecule has 2 fully saturated rings. The van der Waals surface area contributed by atoms with Gasteiger partial charge in [-0.1, -0.05) is 5.11 Å². The Kier molecular flexibility index (Phi) is 9.24. The van der Waals surface area contributed by atoms with E-state index in [1.165, 1.54) is 0 Å². The Morgan fingerprint density at radius 2 is 1.97 bits per heavy atom. The summed E-state index contributed by atoms with van der Waals surface area (Å²) in [6, 6.07) is -1.49. The number of hydrogen-bond acceptors (Lipinski definition) is 9. The van der Waals surface area contributed by atoms with Crippen LogP contribution in [0.25, 0.3) is 10.4 Å². The Balaban J connectivity index is 2.04. The fourth-order valence-electron chi connectivity index (χ4n) is 3.25. The molecule has 7 atom stereocenters. The van der Waals surface area contributed by atoms with Crippen molar-refractivity contribution in [2.45, 2.75) is 88.8 Å². The van der Waals surface area contributed by atoms with Crippen LogP contribution >= 0.6 is 7.82 Å². The van der Waals surface area contributed by atoms with E-state index in [1.54, 1.807) is 13.8 Å². The first kappa shape index (κ1) is 25.6. The molecule has 0 aromatic carbocycles. The highest BCUT2D eigenvalue weighted by Gasteiger charge is 2.50. The van der Waals surface area contributed by atoms with Crippen LogP contribution in [0.15, 0.2) is 5.11 Å². The highest BCUT2D eigenvalue weighted by atomic mass is 31.2. The van der Waals surface area contributed by atoms with Crippen LogP contribution in [0, 0.1) is 0 Å². The summed E-state index contributed by atoms with van der Waals surface area (Å²) in [4.78, 5) is 15.2. The number of phosphoric acid groups is 1. The molecule has 11 nitrogen and oxygen atoms in total. The maximum atomic E-state index is 12.5. The van der Waals surface area contributed by atoms with E-state index in [9.17, 15) is 9.46 Å². The lowest BCUT2D eigenvalue weighted by atomic mass is 9.95. The number of hydrogen-bond donors (Lipinski definition) is 0. The summed E-state index contributed by atoms with van der Waals surface area (Å²) in [5.74, 6) is 0. The van der Waals surface area contributed by atoms with Gasteiger partial charge in [-0.25, -0.2) is 0 Å². The third-order valence-corrected chi connectivity index (χ3v) is 5.45. The molecule has 0 N–H and O–H groups in total. The van der Waals surface area contributed by atoms with Crippen molar-refractivity contribution in [3.8, 4) is 0 Å². The minimum Gasteiger partial charge on any atom is -0.756 e. The summed E-state index contributed by atoms with van der Waals surface area (Å²) >= 11 is 0. The standard InChI is InChI=1S/C16H28B2N3O8P/c1-9(2)24-8-16(20-21-19)13(6-15(18)28-16)29-30(22,23)25-7-12-11(26-10(3)4)5-14(17)27-12/h9-15H,5-8H2,1-4H3,(H,22,23)/p-1. The topological polar surface area (TPSA) is 144 Å². The van der Waals surface area contributed by atoms with Gasteiger partial charge in [0.1, 0.15) is 27.9 Å². The van der Waals surface area contributed by atoms with Crippen molar-refractivity contribution >= 4 is 23.5 Å². The highest BCUT2D eigenvalue weighted by Crippen LogP contribution is 2.47. The van der Waals surface area contributed by atoms with Crippen molar-refractivity contribution in [3.63, 3.8) is 0 Å². The van der Waals surface area contributed by atoms with E-state index < -0.39 is 43.9 Å². The van der Waals surface area contributed by atoms with Crippen molar-refractivity contribution in [1.29, 1.82) is 0 Å². The molecule has 2 aliphatic rings. The van der Waals surface area contributed by atoms with Gasteiger partial charge in [0.25, 0.3) is 7.82 Å². The van der Waals surface area contributed by atoms with E-state index in [1.807, 2.05) is 13.8 Å². The molecule has 0 bridgehead atoms. The summed E-state index contributed by atoms with van der Waals surface area (Å²) in [6.45, 7) is 6.64. The molecule has 2 heterocycles. The van der Waals surface area contributed by atoms with Crippen LogP contribution in [0.2, 0.25) is 0 Å². The Labute approximate surface area is 179 Å². The van der Waals surface area contributed by atoms with Crippen LogP contribution in [-0.4, -0.2) is 77.2 Å². The van der Waals surface area contributed by atoms with Gasteiger partial charge in [-0.2, -0.15) is 0 Å². The molecule has 0 aromatic rings. The third kappa shape index (κ3) is 7.22. The van der Waals surface area contributed by atoms with Gasteiger partial charge in [-0.3, -0.25) is 4.57 Å². The summed E-state index contributed by atoms with van der Waals surface area (Å²) < 4.78 is 44.8. The Hall–Kier alpha value is -0.610. The van der Waals surface area contributed by atoms with Gasteiger partial charge in [0.2, 0.25) is 0 Å². The second-order valence-corrected chi connectivity index (χ2v) is 9.16. The van der Waals surface area contributed by atoms with Gasteiger partial charge >= 0.3 is 0 Å². The first-order valence-electron chi connectivity index (χ1n) is 9.78. The molecule has 0 saturated carbocycles. The normalized spacial score (nSPS) is 36.2. The van der Waals surface area contributed by atoms with Crippen LogP contribution in [0.5, 0.6) is 0 Å². The minimum atomic E-state index is -4.85. The van der Waals surface area contributed by atoms with E-state index in [0.29, 0.717) is 6.42 Å². The minimum absolute atomic E-state index is 0.0417. The lowest BCUT2D eigenvalue weighted by Gasteiger charge is -2.34. The molecule has 30 heavy (non-hydrogen) atoms. The summed E-state index contributed by atoms with van der Waals surface area (Å²) in [5.41, 5.74) is 7.20. The van der Waals surface area contributed by atoms with Crippen LogP contribution in [0.3, 0.4) is 0 Å². The Bertz CT molecular complexity index is 668. The number of ether oxygens (including phenoxy) is 4. The highest BCUT2D eigenvalue weighted by molar-refractivity contribution is 7.45. The van der Waals surface area contributed by atoms with Crippen LogP contribution in [0.1, 0.15) is 40.5 Å². The van der Waals surface area contributed by atoms with Crippen molar-refractivity contribution in [3.05, 3.63) is 10.4 Å². The molecule has 0 aromatic heterocycles. The average molecular weight is 442 g/mol. The molecule has 0 spiro atoms. The molecule has 2 aliphatic heterocycles. The number of azide groups is 1. The maximum absolute atomic E-state index is 12.5. The van der Waals surface area contributed by atoms with E-state index in [2.05, 4.69) is 10.0 Å². The quantitative estimate of drug-likeness (QED) is 0.153. The summed E-state index contributed by atoms with van der Waals surface area (Å²) in [7, 11) is 6.71. The van der Waals surface area contributed by atoms with E-state index in [0.717, 1.165) is 0 Å². The number of nitrogens with zero attached hydrogens (tertiary/aromatic N) is 3. The fraction of sp³-hybridized carbons (Fsp3) is 1.00. The van der Waals surface area contributed by atoms with Crippen molar-refractivity contribution in [2.75, 3.05) is 13.2 Å². The first-order chi connectivity index (χ1) is 14.0. The van der Waals surface area contributed by atoms with Crippen LogP contribution in [0.4, 0.5) is 0 Å². The average Bonchev–Trinajstić information content (AvgIpc) is 3.10. The SMILES string of the molecule is [B]C1CC(OC(C)C)C(COP(=O)([O-])OC2CC([B])OC2(COC(C)C)N=[N+]=[N-])O1. The second kappa shape index (κ2) is 10.8. The van der Waals surface area contributed by atoms with E-state index >= 15 is 0 Å². The lowest BCUT2D eigenvalue weighted by Crippen LogP contribution is -2.44. The second-order valence-electron chi connectivity index (χ2n) is 7.80. The van der Waals surface area contributed by atoms with Gasteiger partial charge in [-0.05, 0) is 46.1 Å². The smallest absolute Gasteiger partial charge is 0.268 e. The molecule has 2 saturated heterocycles. The summed E-state index contributed by atoms with van der Waals surface area (Å²) in [6.07, 6.45) is -2.27. The van der Waals surface area contributed by atoms with Crippen molar-refractivity contribution in [1.82, 2.24) is 0 Å². The van der Waals surface area contributed by atoms with Gasteiger partial charge in [-0.15, -0.1) is 0 Å². The molecule has 4 radical (unpaired) electrons. The molecule has 14 heteroatoms. The maximum Gasteiger partial charge on any atom is 0.268 e. The largest absolute Gasteiger partial charge is 0.756 e. The lowest BCUT2D eigenvalue weighted by molar-refractivity contribution is -0.238. The zero-order valence-corrected chi connectivity index (χ0v) is 18.5. The molecule has 2 rings (SSSR count). The van der Waals surface area contributed by atoms with Crippen LogP contribution < -0.4 is 4.89 Å². The summed E-state index contributed by atoms with van der Waals surface area (Å²) in [5, 5.41) is 3.59. The molecular formula is C16H27B2N3O8P-. The zero-order chi connectivity index (χ0) is 22.5. The molecule has 7 unspecified atom stereocenters. The van der Waals surface area contributed by atoms with Crippen molar-refractivity contribution < 1.29 is 37.5 Å². The van der Waals surface area contributed by atoms with E-state index in [-0.39, 0.29) is 31.8 Å². The van der Waals surface area contributed by atoms with Gasteiger partial charge in [0, 0.05) is 16.9 Å². The predicted molar refractivity (Wildman–Crippen MR) is 106 cm³/mol. The van der Waals surface area contributed by atoms with E-state index in [4.69, 9.17) is 49.2 Å². The monoisotopic (exact) mass is 442 g/mol.